The first-order valence-corrected chi connectivity index (χ1v) is 9.27. The zero-order valence-electron chi connectivity index (χ0n) is 15.8. The molecule has 5 nitrogen and oxygen atoms in total. The zero-order chi connectivity index (χ0) is 19.8. The Hall–Kier alpha value is -2.53. The SMILES string of the molecule is CC(=O)NC(CC(=O)Nc1ccc(OCC(C)C)c(Cl)c1)c1ccccc1. The molecule has 2 aromatic carbocycles. The van der Waals surface area contributed by atoms with Crippen molar-refractivity contribution in [2.75, 3.05) is 11.9 Å². The number of halogens is 1. The van der Waals surface area contributed by atoms with Gasteiger partial charge >= 0.3 is 0 Å². The number of hydrogen-bond donors (Lipinski definition) is 2. The molecule has 0 aliphatic rings. The number of hydrogen-bond acceptors (Lipinski definition) is 3. The van der Waals surface area contributed by atoms with Crippen LogP contribution in [0.25, 0.3) is 0 Å². The first-order chi connectivity index (χ1) is 12.8. The van der Waals surface area contributed by atoms with E-state index in [-0.39, 0.29) is 18.2 Å². The van der Waals surface area contributed by atoms with Gasteiger partial charge in [-0.2, -0.15) is 0 Å². The molecule has 0 aliphatic carbocycles. The third-order valence-electron chi connectivity index (χ3n) is 3.76. The largest absolute Gasteiger partial charge is 0.492 e. The molecule has 2 aromatic rings. The third kappa shape index (κ3) is 6.94. The Labute approximate surface area is 165 Å². The minimum Gasteiger partial charge on any atom is -0.492 e. The van der Waals surface area contributed by atoms with E-state index >= 15 is 0 Å². The Morgan fingerprint density at radius 1 is 1.11 bits per heavy atom. The fraction of sp³-hybridized carbons (Fsp3) is 0.333. The summed E-state index contributed by atoms with van der Waals surface area (Å²) in [5, 5.41) is 6.07. The van der Waals surface area contributed by atoms with Gasteiger partial charge in [0.15, 0.2) is 0 Å². The Kier molecular flexibility index (Phi) is 7.67. The van der Waals surface area contributed by atoms with Crippen LogP contribution in [-0.4, -0.2) is 18.4 Å². The van der Waals surface area contributed by atoms with Crippen molar-refractivity contribution in [1.82, 2.24) is 5.32 Å². The highest BCUT2D eigenvalue weighted by Crippen LogP contribution is 2.28. The van der Waals surface area contributed by atoms with Gasteiger partial charge in [-0.25, -0.2) is 0 Å². The number of ether oxygens (including phenoxy) is 1. The van der Waals surface area contributed by atoms with Crippen LogP contribution in [0, 0.1) is 5.92 Å². The van der Waals surface area contributed by atoms with E-state index in [9.17, 15) is 9.59 Å². The van der Waals surface area contributed by atoms with Gasteiger partial charge in [0, 0.05) is 12.6 Å². The van der Waals surface area contributed by atoms with Crippen molar-refractivity contribution >= 4 is 29.1 Å². The van der Waals surface area contributed by atoms with Gasteiger partial charge in [-0.1, -0.05) is 55.8 Å². The summed E-state index contributed by atoms with van der Waals surface area (Å²) in [5.41, 5.74) is 1.45. The molecule has 27 heavy (non-hydrogen) atoms. The summed E-state index contributed by atoms with van der Waals surface area (Å²) < 4.78 is 5.63. The standard InChI is InChI=1S/C21H25ClN2O3/c1-14(2)13-27-20-10-9-17(11-18(20)22)24-21(26)12-19(23-15(3)25)16-7-5-4-6-8-16/h4-11,14,19H,12-13H2,1-3H3,(H,23,25)(H,24,26). The average molecular weight is 389 g/mol. The van der Waals surface area contributed by atoms with Crippen molar-refractivity contribution in [3.8, 4) is 5.75 Å². The van der Waals surface area contributed by atoms with Gasteiger partial charge in [-0.3, -0.25) is 9.59 Å². The predicted octanol–water partition coefficient (Wildman–Crippen LogP) is 4.58. The number of rotatable bonds is 8. The van der Waals surface area contributed by atoms with Gasteiger partial charge in [0.2, 0.25) is 11.8 Å². The first kappa shape index (κ1) is 20.8. The van der Waals surface area contributed by atoms with Crippen molar-refractivity contribution in [2.45, 2.75) is 33.2 Å². The molecule has 0 bridgehead atoms. The molecular formula is C21H25ClN2O3. The molecule has 2 N–H and O–H groups in total. The Morgan fingerprint density at radius 2 is 1.81 bits per heavy atom. The minimum absolute atomic E-state index is 0.118. The van der Waals surface area contributed by atoms with Gasteiger partial charge in [-0.05, 0) is 29.7 Å². The smallest absolute Gasteiger partial charge is 0.226 e. The average Bonchev–Trinajstić information content (AvgIpc) is 2.60. The Morgan fingerprint density at radius 3 is 2.41 bits per heavy atom. The topological polar surface area (TPSA) is 67.4 Å². The molecule has 1 unspecified atom stereocenters. The summed E-state index contributed by atoms with van der Waals surface area (Å²) in [5.74, 6) is 0.573. The number of carbonyl (C=O) groups excluding carboxylic acids is 2. The molecule has 0 saturated heterocycles. The second kappa shape index (κ2) is 9.97. The molecule has 0 spiro atoms. The van der Waals surface area contributed by atoms with Gasteiger partial charge in [0.05, 0.1) is 24.1 Å². The van der Waals surface area contributed by atoms with E-state index < -0.39 is 6.04 Å². The summed E-state index contributed by atoms with van der Waals surface area (Å²) in [7, 11) is 0. The molecule has 0 heterocycles. The molecule has 2 rings (SSSR count). The maximum absolute atomic E-state index is 12.5. The van der Waals surface area contributed by atoms with Gasteiger partial charge < -0.3 is 15.4 Å². The van der Waals surface area contributed by atoms with Crippen LogP contribution in [0.15, 0.2) is 48.5 Å². The van der Waals surface area contributed by atoms with Crippen LogP contribution in [0.5, 0.6) is 5.75 Å². The number of anilines is 1. The van der Waals surface area contributed by atoms with Crippen molar-refractivity contribution in [3.63, 3.8) is 0 Å². The quantitative estimate of drug-likeness (QED) is 0.695. The fourth-order valence-corrected chi connectivity index (χ4v) is 2.77. The van der Waals surface area contributed by atoms with E-state index in [1.807, 2.05) is 30.3 Å². The van der Waals surface area contributed by atoms with Gasteiger partial charge in [0.1, 0.15) is 5.75 Å². The van der Waals surface area contributed by atoms with E-state index in [1.54, 1.807) is 18.2 Å². The summed E-state index contributed by atoms with van der Waals surface area (Å²) in [4.78, 5) is 23.9. The molecule has 0 aliphatic heterocycles. The third-order valence-corrected chi connectivity index (χ3v) is 4.05. The van der Waals surface area contributed by atoms with Crippen molar-refractivity contribution in [2.24, 2.45) is 5.92 Å². The second-order valence-electron chi connectivity index (χ2n) is 6.77. The number of benzene rings is 2. The first-order valence-electron chi connectivity index (χ1n) is 8.89. The van der Waals surface area contributed by atoms with Gasteiger partial charge in [0.25, 0.3) is 0 Å². The van der Waals surface area contributed by atoms with E-state index in [0.29, 0.717) is 29.0 Å². The lowest BCUT2D eigenvalue weighted by atomic mass is 10.0. The second-order valence-corrected chi connectivity index (χ2v) is 7.17. The molecular weight excluding hydrogens is 364 g/mol. The molecule has 6 heteroatoms. The number of carbonyl (C=O) groups is 2. The molecule has 0 radical (unpaired) electrons. The van der Waals surface area contributed by atoms with E-state index in [4.69, 9.17) is 16.3 Å². The van der Waals surface area contributed by atoms with Crippen molar-refractivity contribution in [3.05, 3.63) is 59.1 Å². The zero-order valence-corrected chi connectivity index (χ0v) is 16.5. The summed E-state index contributed by atoms with van der Waals surface area (Å²) >= 11 is 6.23. The Balaban J connectivity index is 2.02. The summed E-state index contributed by atoms with van der Waals surface area (Å²) in [6.07, 6.45) is 0.118. The van der Waals surface area contributed by atoms with Crippen LogP contribution in [0.2, 0.25) is 5.02 Å². The Bertz CT molecular complexity index is 778. The molecule has 2 amide bonds. The lowest BCUT2D eigenvalue weighted by Crippen LogP contribution is -2.29. The molecule has 0 saturated carbocycles. The highest BCUT2D eigenvalue weighted by atomic mass is 35.5. The molecule has 0 aromatic heterocycles. The predicted molar refractivity (Wildman–Crippen MR) is 108 cm³/mol. The van der Waals surface area contributed by atoms with Crippen LogP contribution in [0.3, 0.4) is 0 Å². The van der Waals surface area contributed by atoms with Crippen LogP contribution < -0.4 is 15.4 Å². The molecule has 1 atom stereocenters. The molecule has 144 valence electrons. The maximum atomic E-state index is 12.5. The summed E-state index contributed by atoms with van der Waals surface area (Å²) in [6, 6.07) is 14.1. The number of amides is 2. The van der Waals surface area contributed by atoms with Crippen LogP contribution in [0.1, 0.15) is 38.8 Å². The van der Waals surface area contributed by atoms with E-state index in [2.05, 4.69) is 24.5 Å². The van der Waals surface area contributed by atoms with E-state index in [0.717, 1.165) is 5.56 Å². The monoisotopic (exact) mass is 388 g/mol. The van der Waals surface area contributed by atoms with Crippen LogP contribution in [0.4, 0.5) is 5.69 Å². The normalized spacial score (nSPS) is 11.7. The molecule has 0 fully saturated rings. The highest BCUT2D eigenvalue weighted by molar-refractivity contribution is 6.32. The van der Waals surface area contributed by atoms with Crippen molar-refractivity contribution in [1.29, 1.82) is 0 Å². The van der Waals surface area contributed by atoms with Gasteiger partial charge in [-0.15, -0.1) is 0 Å². The lowest BCUT2D eigenvalue weighted by molar-refractivity contribution is -0.120. The lowest BCUT2D eigenvalue weighted by Gasteiger charge is -2.18. The highest BCUT2D eigenvalue weighted by Gasteiger charge is 2.17. The fourth-order valence-electron chi connectivity index (χ4n) is 2.53. The minimum atomic E-state index is -0.396. The van der Waals surface area contributed by atoms with Crippen LogP contribution in [-0.2, 0) is 9.59 Å². The van der Waals surface area contributed by atoms with Crippen molar-refractivity contribution < 1.29 is 14.3 Å². The maximum Gasteiger partial charge on any atom is 0.226 e. The van der Waals surface area contributed by atoms with Crippen LogP contribution >= 0.6 is 11.6 Å². The summed E-state index contributed by atoms with van der Waals surface area (Å²) in [6.45, 7) is 6.12. The van der Waals surface area contributed by atoms with E-state index in [1.165, 1.54) is 6.92 Å². The number of nitrogens with one attached hydrogen (secondary N) is 2.